The molecule has 1 N–H and O–H groups in total. The molecule has 0 unspecified atom stereocenters. The number of amides is 3. The minimum absolute atomic E-state index is 0.00986. The van der Waals surface area contributed by atoms with Gasteiger partial charge in [-0.2, -0.15) is 0 Å². The molecule has 118 valence electrons. The van der Waals surface area contributed by atoms with Gasteiger partial charge in [-0.3, -0.25) is 14.4 Å². The van der Waals surface area contributed by atoms with Crippen LogP contribution >= 0.6 is 0 Å². The van der Waals surface area contributed by atoms with Gasteiger partial charge >= 0.3 is 0 Å². The molecule has 1 aliphatic heterocycles. The zero-order valence-electron chi connectivity index (χ0n) is 13.1. The molecule has 1 aromatic rings. The van der Waals surface area contributed by atoms with Crippen molar-refractivity contribution >= 4 is 29.1 Å². The van der Waals surface area contributed by atoms with E-state index in [0.29, 0.717) is 11.4 Å². The highest BCUT2D eigenvalue weighted by Crippen LogP contribution is 2.29. The van der Waals surface area contributed by atoms with Gasteiger partial charge in [0.2, 0.25) is 17.7 Å². The number of benzene rings is 1. The molecule has 0 saturated heterocycles. The summed E-state index contributed by atoms with van der Waals surface area (Å²) in [6.45, 7) is 3.83. The highest BCUT2D eigenvalue weighted by atomic mass is 16.2. The molecule has 0 radical (unpaired) electrons. The minimum Gasteiger partial charge on any atom is -0.343 e. The van der Waals surface area contributed by atoms with E-state index in [9.17, 15) is 14.4 Å². The van der Waals surface area contributed by atoms with Crippen LogP contribution in [0.5, 0.6) is 0 Å². The first-order valence-corrected chi connectivity index (χ1v) is 7.35. The molecule has 1 heterocycles. The van der Waals surface area contributed by atoms with Gasteiger partial charge in [0.1, 0.15) is 6.54 Å². The van der Waals surface area contributed by atoms with Crippen LogP contribution in [0, 0.1) is 0 Å². The predicted octanol–water partition coefficient (Wildman–Crippen LogP) is 1.62. The lowest BCUT2D eigenvalue weighted by atomic mass is 10.1. The molecule has 0 fully saturated rings. The molecule has 1 aliphatic rings. The normalized spacial score (nSPS) is 13.6. The van der Waals surface area contributed by atoms with Crippen LogP contribution in [0.1, 0.15) is 26.7 Å². The Kier molecular flexibility index (Phi) is 4.80. The number of nitrogens with one attached hydrogen (secondary N) is 1. The number of carbonyl (C=O) groups excluding carboxylic acids is 3. The molecular formula is C16H21N3O3. The van der Waals surface area contributed by atoms with Crippen LogP contribution in [0.25, 0.3) is 0 Å². The highest BCUT2D eigenvalue weighted by Gasteiger charge is 2.27. The maximum atomic E-state index is 12.4. The van der Waals surface area contributed by atoms with Crippen LogP contribution in [0.4, 0.5) is 11.4 Å². The van der Waals surface area contributed by atoms with Crippen molar-refractivity contribution in [2.24, 2.45) is 0 Å². The van der Waals surface area contributed by atoms with Gasteiger partial charge in [-0.25, -0.2) is 0 Å². The van der Waals surface area contributed by atoms with Crippen molar-refractivity contribution in [3.8, 4) is 0 Å². The van der Waals surface area contributed by atoms with Crippen LogP contribution in [-0.4, -0.2) is 42.3 Å². The third kappa shape index (κ3) is 3.44. The van der Waals surface area contributed by atoms with Gasteiger partial charge in [-0.05, 0) is 26.0 Å². The average Bonchev–Trinajstić information content (AvgIpc) is 2.50. The van der Waals surface area contributed by atoms with Crippen molar-refractivity contribution in [3.05, 3.63) is 24.3 Å². The Bertz CT molecular complexity index is 598. The number of hydrogen-bond donors (Lipinski definition) is 1. The fourth-order valence-corrected chi connectivity index (χ4v) is 2.27. The molecular weight excluding hydrogens is 282 g/mol. The SMILES string of the molecule is CC(C)N(C)C(=O)CCC(=O)N1CC(=O)Nc2ccccc21. The summed E-state index contributed by atoms with van der Waals surface area (Å²) in [5, 5.41) is 2.73. The van der Waals surface area contributed by atoms with E-state index in [1.54, 1.807) is 30.1 Å². The third-order valence-electron chi connectivity index (χ3n) is 3.79. The van der Waals surface area contributed by atoms with Crippen molar-refractivity contribution in [1.29, 1.82) is 0 Å². The molecule has 0 saturated carbocycles. The van der Waals surface area contributed by atoms with Gasteiger partial charge in [0.25, 0.3) is 0 Å². The third-order valence-corrected chi connectivity index (χ3v) is 3.79. The summed E-state index contributed by atoms with van der Waals surface area (Å²) in [6, 6.07) is 7.26. The largest absolute Gasteiger partial charge is 0.343 e. The van der Waals surface area contributed by atoms with Gasteiger partial charge in [-0.1, -0.05) is 12.1 Å². The smallest absolute Gasteiger partial charge is 0.244 e. The van der Waals surface area contributed by atoms with E-state index in [2.05, 4.69) is 5.32 Å². The van der Waals surface area contributed by atoms with Gasteiger partial charge in [0, 0.05) is 25.9 Å². The second-order valence-electron chi connectivity index (χ2n) is 5.64. The van der Waals surface area contributed by atoms with Crippen molar-refractivity contribution < 1.29 is 14.4 Å². The molecule has 0 atom stereocenters. The van der Waals surface area contributed by atoms with Crippen molar-refractivity contribution in [1.82, 2.24) is 4.90 Å². The molecule has 0 aromatic heterocycles. The first-order chi connectivity index (χ1) is 10.4. The van der Waals surface area contributed by atoms with Crippen molar-refractivity contribution in [3.63, 3.8) is 0 Å². The Labute approximate surface area is 130 Å². The van der Waals surface area contributed by atoms with Gasteiger partial charge < -0.3 is 15.1 Å². The summed E-state index contributed by atoms with van der Waals surface area (Å²) in [5.41, 5.74) is 1.30. The second-order valence-corrected chi connectivity index (χ2v) is 5.64. The number of carbonyl (C=O) groups is 3. The van der Waals surface area contributed by atoms with Gasteiger partial charge in [-0.15, -0.1) is 0 Å². The molecule has 6 heteroatoms. The Hall–Kier alpha value is -2.37. The second kappa shape index (κ2) is 6.60. The molecule has 3 amide bonds. The molecule has 2 rings (SSSR count). The summed E-state index contributed by atoms with van der Waals surface area (Å²) in [4.78, 5) is 39.1. The van der Waals surface area contributed by atoms with Gasteiger partial charge in [0.05, 0.1) is 11.4 Å². The summed E-state index contributed by atoms with van der Waals surface area (Å²) in [7, 11) is 1.72. The molecule has 0 aliphatic carbocycles. The minimum atomic E-state index is -0.224. The lowest BCUT2D eigenvalue weighted by molar-refractivity contribution is -0.133. The maximum absolute atomic E-state index is 12.4. The lowest BCUT2D eigenvalue weighted by Crippen LogP contribution is -2.42. The Morgan fingerprint density at radius 1 is 1.27 bits per heavy atom. The van der Waals surface area contributed by atoms with E-state index < -0.39 is 0 Å². The van der Waals surface area contributed by atoms with Crippen LogP contribution < -0.4 is 10.2 Å². The monoisotopic (exact) mass is 303 g/mol. The van der Waals surface area contributed by atoms with Crippen LogP contribution in [-0.2, 0) is 14.4 Å². The van der Waals surface area contributed by atoms with Crippen LogP contribution in [0.3, 0.4) is 0 Å². The average molecular weight is 303 g/mol. The maximum Gasteiger partial charge on any atom is 0.244 e. The van der Waals surface area contributed by atoms with E-state index in [-0.39, 0.29) is 43.1 Å². The topological polar surface area (TPSA) is 69.7 Å². The van der Waals surface area contributed by atoms with E-state index in [1.807, 2.05) is 19.9 Å². The standard InChI is InChI=1S/C16H21N3O3/c1-11(2)18(3)15(21)8-9-16(22)19-10-14(20)17-12-6-4-5-7-13(12)19/h4-7,11H,8-10H2,1-3H3,(H,17,20). The molecule has 0 bridgehead atoms. The Morgan fingerprint density at radius 3 is 2.64 bits per heavy atom. The van der Waals surface area contributed by atoms with Crippen LogP contribution in [0.2, 0.25) is 0 Å². The summed E-state index contributed by atoms with van der Waals surface area (Å²) in [6.07, 6.45) is 0.241. The number of anilines is 2. The molecule has 22 heavy (non-hydrogen) atoms. The van der Waals surface area contributed by atoms with Gasteiger partial charge in [0.15, 0.2) is 0 Å². The fourth-order valence-electron chi connectivity index (χ4n) is 2.27. The number of rotatable bonds is 4. The number of fused-ring (bicyclic) bond motifs is 1. The molecule has 6 nitrogen and oxygen atoms in total. The van der Waals surface area contributed by atoms with Crippen LogP contribution in [0.15, 0.2) is 24.3 Å². The van der Waals surface area contributed by atoms with E-state index in [0.717, 1.165) is 0 Å². The quantitative estimate of drug-likeness (QED) is 0.919. The van der Waals surface area contributed by atoms with E-state index >= 15 is 0 Å². The zero-order valence-corrected chi connectivity index (χ0v) is 13.1. The lowest BCUT2D eigenvalue weighted by Gasteiger charge is -2.29. The summed E-state index contributed by atoms with van der Waals surface area (Å²) in [5.74, 6) is -0.511. The molecule has 1 aromatic carbocycles. The summed E-state index contributed by atoms with van der Waals surface area (Å²) >= 11 is 0. The number of para-hydroxylation sites is 2. The number of nitrogens with zero attached hydrogens (tertiary/aromatic N) is 2. The first kappa shape index (κ1) is 16.0. The predicted molar refractivity (Wildman–Crippen MR) is 84.6 cm³/mol. The van der Waals surface area contributed by atoms with E-state index in [1.165, 1.54) is 4.90 Å². The fraction of sp³-hybridized carbons (Fsp3) is 0.438. The Balaban J connectivity index is 2.04. The highest BCUT2D eigenvalue weighted by molar-refractivity contribution is 6.10. The van der Waals surface area contributed by atoms with Crippen molar-refractivity contribution in [2.75, 3.05) is 23.8 Å². The Morgan fingerprint density at radius 2 is 1.95 bits per heavy atom. The van der Waals surface area contributed by atoms with Crippen molar-refractivity contribution in [2.45, 2.75) is 32.7 Å². The van der Waals surface area contributed by atoms with E-state index in [4.69, 9.17) is 0 Å². The summed E-state index contributed by atoms with van der Waals surface area (Å²) < 4.78 is 0. The first-order valence-electron chi connectivity index (χ1n) is 7.35. The number of hydrogen-bond acceptors (Lipinski definition) is 3. The zero-order chi connectivity index (χ0) is 16.3. The molecule has 0 spiro atoms.